The Morgan fingerprint density at radius 1 is 0.529 bits per heavy atom. The fraction of sp³-hybridized carbons (Fsp3) is 0.333. The van der Waals surface area contributed by atoms with Gasteiger partial charge in [0, 0.05) is 21.7 Å². The van der Waals surface area contributed by atoms with Crippen LogP contribution in [0.4, 0.5) is 0 Å². The summed E-state index contributed by atoms with van der Waals surface area (Å²) in [5.74, 6) is 0. The van der Waals surface area contributed by atoms with E-state index in [2.05, 4.69) is 26.3 Å². The van der Waals surface area contributed by atoms with Crippen LogP contribution in [-0.4, -0.2) is 46.9 Å². The third-order valence-corrected chi connectivity index (χ3v) is 0.516. The summed E-state index contributed by atoms with van der Waals surface area (Å²) >= 11 is 0. The molecule has 0 radical (unpaired) electrons. The van der Waals surface area contributed by atoms with Crippen molar-refractivity contribution in [3.8, 4) is 0 Å². The molecule has 0 bridgehead atoms. The van der Waals surface area contributed by atoms with Crippen molar-refractivity contribution < 1.29 is 42.1 Å². The van der Waals surface area contributed by atoms with Crippen molar-refractivity contribution in [1.82, 2.24) is 0 Å². The summed E-state index contributed by atoms with van der Waals surface area (Å²) in [7, 11) is 0. The second-order valence-corrected chi connectivity index (χ2v) is 1.88. The molecular formula is C12H24O4Ti. The van der Waals surface area contributed by atoms with Crippen LogP contribution in [0.2, 0.25) is 0 Å². The van der Waals surface area contributed by atoms with Gasteiger partial charge >= 0.3 is 0 Å². The van der Waals surface area contributed by atoms with Crippen LogP contribution < -0.4 is 0 Å². The smallest absolute Gasteiger partial charge is 0.0609 e. The second-order valence-electron chi connectivity index (χ2n) is 1.88. The van der Waals surface area contributed by atoms with Gasteiger partial charge in [0.15, 0.2) is 0 Å². The molecule has 0 aromatic carbocycles. The van der Waals surface area contributed by atoms with Gasteiger partial charge in [-0.1, -0.05) is 24.3 Å². The Morgan fingerprint density at radius 2 is 0.588 bits per heavy atom. The maximum absolute atomic E-state index is 7.76. The van der Waals surface area contributed by atoms with Gasteiger partial charge in [-0.25, -0.2) is 0 Å². The summed E-state index contributed by atoms with van der Waals surface area (Å²) in [4.78, 5) is 0. The van der Waals surface area contributed by atoms with E-state index < -0.39 is 0 Å². The summed E-state index contributed by atoms with van der Waals surface area (Å²) in [6.07, 6.45) is 5.72. The maximum Gasteiger partial charge on any atom is 0.0609 e. The summed E-state index contributed by atoms with van der Waals surface area (Å²) in [6, 6.07) is 0. The molecule has 5 heteroatoms. The Labute approximate surface area is 119 Å². The van der Waals surface area contributed by atoms with Crippen LogP contribution in [0.1, 0.15) is 0 Å². The molecular weight excluding hydrogens is 256 g/mol. The molecule has 0 rings (SSSR count). The molecule has 0 aromatic heterocycles. The molecule has 0 fully saturated rings. The Balaban J connectivity index is -0.0000000369. The molecule has 0 heterocycles. The minimum Gasteiger partial charge on any atom is -0.392 e. The Hall–Kier alpha value is -0.486. The van der Waals surface area contributed by atoms with Crippen LogP contribution in [-0.2, 0) is 21.7 Å². The van der Waals surface area contributed by atoms with E-state index in [0.29, 0.717) is 0 Å². The zero-order valence-electron chi connectivity index (χ0n) is 10.3. The van der Waals surface area contributed by atoms with E-state index in [1.54, 1.807) is 0 Å². The first kappa shape index (κ1) is 30.0. The van der Waals surface area contributed by atoms with E-state index in [-0.39, 0.29) is 48.1 Å². The first-order chi connectivity index (χ1) is 7.66. The van der Waals surface area contributed by atoms with Crippen LogP contribution >= 0.6 is 0 Å². The molecule has 0 aromatic rings. The number of aliphatic hydroxyl groups is 4. The molecule has 100 valence electrons. The predicted octanol–water partition coefficient (Wildman–Crippen LogP) is 0.656. The van der Waals surface area contributed by atoms with Gasteiger partial charge in [-0.15, -0.1) is 26.3 Å². The van der Waals surface area contributed by atoms with Crippen LogP contribution in [0, 0.1) is 0 Å². The second kappa shape index (κ2) is 57.9. The standard InChI is InChI=1S/4C3H6O.Ti/c4*1-2-3-4;/h4*2,4H,1,3H2;. The van der Waals surface area contributed by atoms with E-state index in [4.69, 9.17) is 20.4 Å². The van der Waals surface area contributed by atoms with Crippen molar-refractivity contribution in [1.29, 1.82) is 0 Å². The summed E-state index contributed by atoms with van der Waals surface area (Å²) in [5, 5.41) is 31.0. The fourth-order valence-electron chi connectivity index (χ4n) is 0. The van der Waals surface area contributed by atoms with Crippen molar-refractivity contribution in [2.45, 2.75) is 0 Å². The van der Waals surface area contributed by atoms with Gasteiger partial charge in [0.2, 0.25) is 0 Å². The van der Waals surface area contributed by atoms with E-state index >= 15 is 0 Å². The van der Waals surface area contributed by atoms with Gasteiger partial charge in [-0.05, 0) is 0 Å². The van der Waals surface area contributed by atoms with Gasteiger partial charge in [-0.3, -0.25) is 0 Å². The zero-order valence-corrected chi connectivity index (χ0v) is 11.8. The summed E-state index contributed by atoms with van der Waals surface area (Å²) in [5.41, 5.74) is 0. The van der Waals surface area contributed by atoms with Gasteiger partial charge in [-0.2, -0.15) is 0 Å². The molecule has 0 unspecified atom stereocenters. The first-order valence-corrected chi connectivity index (χ1v) is 4.53. The fourth-order valence-corrected chi connectivity index (χ4v) is 0. The minimum absolute atomic E-state index is 0. The Bertz CT molecular complexity index is 106. The van der Waals surface area contributed by atoms with E-state index in [9.17, 15) is 0 Å². The molecule has 17 heavy (non-hydrogen) atoms. The van der Waals surface area contributed by atoms with E-state index in [1.807, 2.05) is 0 Å². The van der Waals surface area contributed by atoms with Crippen molar-refractivity contribution in [2.24, 2.45) is 0 Å². The first-order valence-electron chi connectivity index (χ1n) is 4.53. The van der Waals surface area contributed by atoms with Crippen molar-refractivity contribution in [2.75, 3.05) is 26.4 Å². The van der Waals surface area contributed by atoms with Crippen LogP contribution in [0.5, 0.6) is 0 Å². The molecule has 4 nitrogen and oxygen atoms in total. The zero-order chi connectivity index (χ0) is 13.7. The molecule has 0 saturated carbocycles. The van der Waals surface area contributed by atoms with Crippen molar-refractivity contribution in [3.05, 3.63) is 50.6 Å². The molecule has 0 aliphatic rings. The van der Waals surface area contributed by atoms with Gasteiger partial charge in [0.1, 0.15) is 0 Å². The molecule has 4 N–H and O–H groups in total. The van der Waals surface area contributed by atoms with Crippen LogP contribution in [0.3, 0.4) is 0 Å². The number of hydrogen-bond acceptors (Lipinski definition) is 4. The quantitative estimate of drug-likeness (QED) is 0.450. The predicted molar refractivity (Wildman–Crippen MR) is 69.1 cm³/mol. The molecule has 0 spiro atoms. The van der Waals surface area contributed by atoms with Gasteiger partial charge < -0.3 is 20.4 Å². The molecule has 0 amide bonds. The normalized spacial score (nSPS) is 5.88. The largest absolute Gasteiger partial charge is 0.392 e. The minimum atomic E-state index is 0. The Kier molecular flexibility index (Phi) is 102. The van der Waals surface area contributed by atoms with E-state index in [0.717, 1.165) is 0 Å². The number of hydrogen-bond donors (Lipinski definition) is 4. The monoisotopic (exact) mass is 280 g/mol. The average molecular weight is 280 g/mol. The number of aliphatic hydroxyl groups excluding tert-OH is 4. The van der Waals surface area contributed by atoms with Crippen LogP contribution in [0.25, 0.3) is 0 Å². The van der Waals surface area contributed by atoms with Gasteiger partial charge in [0.25, 0.3) is 0 Å². The van der Waals surface area contributed by atoms with E-state index in [1.165, 1.54) is 24.3 Å². The molecule has 0 saturated heterocycles. The molecule has 0 atom stereocenters. The SMILES string of the molecule is C=CCO.C=CCO.C=CCO.C=CCO.[Ti]. The Morgan fingerprint density at radius 3 is 0.588 bits per heavy atom. The van der Waals surface area contributed by atoms with Crippen molar-refractivity contribution in [3.63, 3.8) is 0 Å². The van der Waals surface area contributed by atoms with Gasteiger partial charge in [0.05, 0.1) is 26.4 Å². The molecule has 0 aliphatic heterocycles. The molecule has 0 aliphatic carbocycles. The third kappa shape index (κ3) is 229. The van der Waals surface area contributed by atoms with Crippen molar-refractivity contribution >= 4 is 0 Å². The van der Waals surface area contributed by atoms with Crippen LogP contribution in [0.15, 0.2) is 50.6 Å². The maximum atomic E-state index is 7.76. The summed E-state index contributed by atoms with van der Waals surface area (Å²) < 4.78 is 0. The topological polar surface area (TPSA) is 80.9 Å². The average Bonchev–Trinajstić information content (AvgIpc) is 2.39. The third-order valence-electron chi connectivity index (χ3n) is 0.516. The number of rotatable bonds is 4. The summed E-state index contributed by atoms with van der Waals surface area (Å²) in [6.45, 7) is 13.2.